The van der Waals surface area contributed by atoms with E-state index in [1.807, 2.05) is 19.3 Å². The summed E-state index contributed by atoms with van der Waals surface area (Å²) >= 11 is 0. The smallest absolute Gasteiger partial charge is 0.205 e. The zero-order chi connectivity index (χ0) is 12.3. The number of nitrogens with two attached hydrogens (primary N) is 1. The minimum atomic E-state index is 0.404. The second-order valence-corrected chi connectivity index (χ2v) is 3.25. The largest absolute Gasteiger partial charge is 0.490 e. The summed E-state index contributed by atoms with van der Waals surface area (Å²) in [5, 5.41) is 7.19. The van der Waals surface area contributed by atoms with Crippen LogP contribution in [0.2, 0.25) is 0 Å². The number of nitrogens with one attached hydrogen (secondary N) is 2. The van der Waals surface area contributed by atoms with Crippen molar-refractivity contribution in [2.24, 2.45) is 12.9 Å². The van der Waals surface area contributed by atoms with Gasteiger partial charge in [0.1, 0.15) is 6.33 Å². The molecule has 2 aromatic heterocycles. The topological polar surface area (TPSA) is 103 Å². The van der Waals surface area contributed by atoms with Crippen LogP contribution in [0, 0.1) is 0 Å². The minimum absolute atomic E-state index is 0.404. The fourth-order valence-corrected chi connectivity index (χ4v) is 1.36. The molecule has 0 unspecified atom stereocenters. The number of aryl methyl sites for hydroxylation is 1. The molecule has 8 nitrogen and oxygen atoms in total. The Balaban J connectivity index is 2.32. The van der Waals surface area contributed by atoms with Crippen LogP contribution in [-0.2, 0) is 7.05 Å². The van der Waals surface area contributed by atoms with Gasteiger partial charge >= 0.3 is 0 Å². The number of ether oxygens (including phenoxy) is 1. The van der Waals surface area contributed by atoms with Crippen LogP contribution in [0.5, 0.6) is 5.75 Å². The molecule has 0 bridgehead atoms. The summed E-state index contributed by atoms with van der Waals surface area (Å²) in [7, 11) is 3.35. The molecule has 0 aliphatic carbocycles. The molecule has 90 valence electrons. The fourth-order valence-electron chi connectivity index (χ4n) is 1.36. The molecule has 4 N–H and O–H groups in total. The highest BCUT2D eigenvalue weighted by Crippen LogP contribution is 2.29. The highest BCUT2D eigenvalue weighted by atomic mass is 16.5. The van der Waals surface area contributed by atoms with E-state index in [9.17, 15) is 0 Å². The summed E-state index contributed by atoms with van der Waals surface area (Å²) in [6.07, 6.45) is 3.20. The molecule has 0 saturated heterocycles. The Kier molecular flexibility index (Phi) is 3.06. The van der Waals surface area contributed by atoms with Gasteiger partial charge in [0, 0.05) is 19.3 Å². The van der Waals surface area contributed by atoms with Crippen molar-refractivity contribution >= 4 is 17.5 Å². The van der Waals surface area contributed by atoms with Crippen LogP contribution in [0.15, 0.2) is 18.6 Å². The summed E-state index contributed by atoms with van der Waals surface area (Å²) in [6.45, 7) is 0. The maximum absolute atomic E-state index is 5.32. The molecule has 0 spiro atoms. The fraction of sp³-hybridized carbons (Fsp3) is 0.222. The number of hydrogen-bond acceptors (Lipinski definition) is 7. The van der Waals surface area contributed by atoms with E-state index < -0.39 is 0 Å². The third-order valence-electron chi connectivity index (χ3n) is 2.10. The Bertz CT molecular complexity index is 510. The maximum Gasteiger partial charge on any atom is 0.205 e. The summed E-state index contributed by atoms with van der Waals surface area (Å²) in [6, 6.07) is 1.82. The number of hydrazine groups is 1. The third kappa shape index (κ3) is 2.26. The molecule has 0 aromatic carbocycles. The van der Waals surface area contributed by atoms with Gasteiger partial charge < -0.3 is 15.5 Å². The lowest BCUT2D eigenvalue weighted by Gasteiger charge is -2.10. The molecule has 17 heavy (non-hydrogen) atoms. The van der Waals surface area contributed by atoms with Crippen LogP contribution in [0.4, 0.5) is 17.5 Å². The lowest BCUT2D eigenvalue weighted by Crippen LogP contribution is -2.11. The maximum atomic E-state index is 5.32. The summed E-state index contributed by atoms with van der Waals surface area (Å²) in [4.78, 5) is 8.01. The van der Waals surface area contributed by atoms with Gasteiger partial charge in [-0.3, -0.25) is 4.68 Å². The minimum Gasteiger partial charge on any atom is -0.490 e. The van der Waals surface area contributed by atoms with Crippen molar-refractivity contribution < 1.29 is 4.74 Å². The second-order valence-electron chi connectivity index (χ2n) is 3.25. The monoisotopic (exact) mass is 235 g/mol. The molecule has 0 aliphatic rings. The van der Waals surface area contributed by atoms with Crippen molar-refractivity contribution in [1.82, 2.24) is 19.7 Å². The van der Waals surface area contributed by atoms with Gasteiger partial charge in [0.15, 0.2) is 17.5 Å². The first-order chi connectivity index (χ1) is 8.24. The van der Waals surface area contributed by atoms with Crippen molar-refractivity contribution in [3.63, 3.8) is 0 Å². The normalized spacial score (nSPS) is 10.1. The molecule has 0 saturated carbocycles. The first kappa shape index (κ1) is 11.1. The zero-order valence-electron chi connectivity index (χ0n) is 9.51. The van der Waals surface area contributed by atoms with Crippen LogP contribution in [0.1, 0.15) is 0 Å². The number of rotatable bonds is 4. The van der Waals surface area contributed by atoms with Crippen LogP contribution >= 0.6 is 0 Å². The molecule has 2 aromatic rings. The molecular weight excluding hydrogens is 222 g/mol. The molecule has 0 atom stereocenters. The van der Waals surface area contributed by atoms with E-state index in [4.69, 9.17) is 10.6 Å². The van der Waals surface area contributed by atoms with Gasteiger partial charge in [-0.2, -0.15) is 5.10 Å². The van der Waals surface area contributed by atoms with E-state index in [-0.39, 0.29) is 0 Å². The molecule has 0 aliphatic heterocycles. The van der Waals surface area contributed by atoms with Gasteiger partial charge in [-0.05, 0) is 0 Å². The van der Waals surface area contributed by atoms with Gasteiger partial charge in [0.05, 0.1) is 7.11 Å². The number of aromatic nitrogens is 4. The SMILES string of the molecule is COc1c(NN)ncnc1Nc1ccn(C)n1. The number of nitrogen functional groups attached to an aromatic ring is 1. The van der Waals surface area contributed by atoms with Crippen LogP contribution < -0.4 is 21.3 Å². The van der Waals surface area contributed by atoms with Crippen LogP contribution in [0.3, 0.4) is 0 Å². The average molecular weight is 235 g/mol. The lowest BCUT2D eigenvalue weighted by atomic mass is 10.4. The molecule has 0 radical (unpaired) electrons. The summed E-state index contributed by atoms with van der Waals surface area (Å²) in [5.74, 6) is 7.31. The number of methoxy groups -OCH3 is 1. The van der Waals surface area contributed by atoms with Crippen molar-refractivity contribution in [2.45, 2.75) is 0 Å². The van der Waals surface area contributed by atoms with E-state index in [2.05, 4.69) is 25.8 Å². The van der Waals surface area contributed by atoms with E-state index in [1.54, 1.807) is 4.68 Å². The summed E-state index contributed by atoms with van der Waals surface area (Å²) in [5.41, 5.74) is 2.44. The molecule has 2 rings (SSSR count). The van der Waals surface area contributed by atoms with Gasteiger partial charge in [-0.1, -0.05) is 0 Å². The van der Waals surface area contributed by atoms with Crippen molar-refractivity contribution in [2.75, 3.05) is 17.9 Å². The lowest BCUT2D eigenvalue weighted by molar-refractivity contribution is 0.415. The molecule has 8 heteroatoms. The Labute approximate surface area is 97.8 Å². The van der Waals surface area contributed by atoms with E-state index in [1.165, 1.54) is 13.4 Å². The molecule has 2 heterocycles. The highest BCUT2D eigenvalue weighted by Gasteiger charge is 2.11. The van der Waals surface area contributed by atoms with Gasteiger partial charge in [-0.15, -0.1) is 0 Å². The quantitative estimate of drug-likeness (QED) is 0.515. The van der Waals surface area contributed by atoms with Crippen molar-refractivity contribution in [3.05, 3.63) is 18.6 Å². The summed E-state index contributed by atoms with van der Waals surface area (Å²) < 4.78 is 6.86. The van der Waals surface area contributed by atoms with Crippen LogP contribution in [-0.4, -0.2) is 26.9 Å². The average Bonchev–Trinajstić information content (AvgIpc) is 2.74. The predicted octanol–water partition coefficient (Wildman–Crippen LogP) is 0.248. The zero-order valence-corrected chi connectivity index (χ0v) is 9.51. The first-order valence-electron chi connectivity index (χ1n) is 4.87. The van der Waals surface area contributed by atoms with Gasteiger partial charge in [0.25, 0.3) is 0 Å². The van der Waals surface area contributed by atoms with Crippen molar-refractivity contribution in [1.29, 1.82) is 0 Å². The molecule has 0 amide bonds. The molecule has 0 fully saturated rings. The van der Waals surface area contributed by atoms with E-state index >= 15 is 0 Å². The third-order valence-corrected chi connectivity index (χ3v) is 2.10. The van der Waals surface area contributed by atoms with E-state index in [0.717, 1.165) is 0 Å². The number of anilines is 3. The Morgan fingerprint density at radius 1 is 1.35 bits per heavy atom. The van der Waals surface area contributed by atoms with Gasteiger partial charge in [-0.25, -0.2) is 15.8 Å². The molecular formula is C9H13N7O. The second kappa shape index (κ2) is 4.66. The van der Waals surface area contributed by atoms with Gasteiger partial charge in [0.2, 0.25) is 5.75 Å². The highest BCUT2D eigenvalue weighted by molar-refractivity contribution is 5.67. The van der Waals surface area contributed by atoms with Crippen molar-refractivity contribution in [3.8, 4) is 5.75 Å². The number of nitrogens with zero attached hydrogens (tertiary/aromatic N) is 4. The van der Waals surface area contributed by atoms with E-state index in [0.29, 0.717) is 23.2 Å². The van der Waals surface area contributed by atoms with Crippen LogP contribution in [0.25, 0.3) is 0 Å². The first-order valence-corrected chi connectivity index (χ1v) is 4.87. The number of hydrogen-bond donors (Lipinski definition) is 3. The Morgan fingerprint density at radius 3 is 2.71 bits per heavy atom. The standard InChI is InChI=1S/C9H13N7O/c1-16-4-3-6(15-16)13-8-7(17-2)9(14-10)12-5-11-8/h3-5H,10H2,1-2H3,(H2,11,12,13,14,15). The predicted molar refractivity (Wildman–Crippen MR) is 62.9 cm³/mol. The Morgan fingerprint density at radius 2 is 2.12 bits per heavy atom. The Hall–Kier alpha value is -2.35.